The number of benzene rings is 2. The lowest BCUT2D eigenvalue weighted by Crippen LogP contribution is -2.43. The van der Waals surface area contributed by atoms with Gasteiger partial charge in [-0.2, -0.15) is 4.31 Å². The lowest BCUT2D eigenvalue weighted by Gasteiger charge is -2.29. The maximum atomic E-state index is 14.1. The van der Waals surface area contributed by atoms with Crippen LogP contribution in [0.5, 0.6) is 0 Å². The zero-order valence-electron chi connectivity index (χ0n) is 20.9. The van der Waals surface area contributed by atoms with Gasteiger partial charge >= 0.3 is 0 Å². The van der Waals surface area contributed by atoms with Crippen molar-refractivity contribution in [2.75, 3.05) is 45.9 Å². The molecule has 1 aliphatic heterocycles. The van der Waals surface area contributed by atoms with Gasteiger partial charge in [-0.25, -0.2) is 13.4 Å². The van der Waals surface area contributed by atoms with E-state index in [2.05, 4.69) is 19.7 Å². The molecule has 0 saturated carbocycles. The Labute approximate surface area is 226 Å². The molecule has 0 radical (unpaired) electrons. The number of hydrogen-bond donors (Lipinski definition) is 0. The first-order valence-electron chi connectivity index (χ1n) is 12.7. The predicted molar refractivity (Wildman–Crippen MR) is 150 cm³/mol. The largest absolute Gasteiger partial charge is 0.379 e. The zero-order chi connectivity index (χ0) is 26.0. The first-order chi connectivity index (χ1) is 18.6. The molecule has 10 heteroatoms. The summed E-state index contributed by atoms with van der Waals surface area (Å²) in [5, 5.41) is 2.89. The Kier molecular flexibility index (Phi) is 7.22. The molecule has 0 atom stereocenters. The Bertz CT molecular complexity index is 1640. The van der Waals surface area contributed by atoms with E-state index in [1.807, 2.05) is 54.7 Å². The van der Waals surface area contributed by atoms with Crippen LogP contribution in [0.3, 0.4) is 0 Å². The maximum absolute atomic E-state index is 14.1. The average Bonchev–Trinajstić information content (AvgIpc) is 3.55. The predicted octanol–water partition coefficient (Wildman–Crippen LogP) is 4.18. The Morgan fingerprint density at radius 3 is 2.63 bits per heavy atom. The molecule has 6 rings (SSSR count). The number of para-hydroxylation sites is 1. The number of hydrogen-bond acceptors (Lipinski definition) is 7. The lowest BCUT2D eigenvalue weighted by atomic mass is 10.2. The SMILES string of the molecule is O=S(=O)(c1cccc2cccnc12)N(CCc1csc2nc(-c3ccccc3)cn12)CCN1CCOCC1. The number of pyridine rings is 1. The van der Waals surface area contributed by atoms with Crippen LogP contribution in [0.2, 0.25) is 0 Å². The van der Waals surface area contributed by atoms with Crippen molar-refractivity contribution < 1.29 is 13.2 Å². The van der Waals surface area contributed by atoms with Crippen molar-refractivity contribution in [2.45, 2.75) is 11.3 Å². The number of thiazole rings is 1. The van der Waals surface area contributed by atoms with Crippen molar-refractivity contribution in [2.24, 2.45) is 0 Å². The van der Waals surface area contributed by atoms with Crippen molar-refractivity contribution in [3.63, 3.8) is 0 Å². The second-order valence-corrected chi connectivity index (χ2v) is 12.1. The van der Waals surface area contributed by atoms with Crippen LogP contribution in [-0.2, 0) is 21.2 Å². The fraction of sp³-hybridized carbons (Fsp3) is 0.286. The van der Waals surface area contributed by atoms with Crippen LogP contribution in [-0.4, -0.2) is 77.9 Å². The third kappa shape index (κ3) is 5.10. The second kappa shape index (κ2) is 10.9. The summed E-state index contributed by atoms with van der Waals surface area (Å²) in [6.07, 6.45) is 4.26. The number of aromatic nitrogens is 3. The molecular weight excluding hydrogens is 518 g/mol. The standard InChI is InChI=1S/C28H29N5O3S2/c34-38(35,26-10-4-8-23-9-5-12-29-27(23)26)32(15-14-31-16-18-36-19-17-31)13-11-24-21-37-28-30-25(20-33(24)28)22-6-2-1-3-7-22/h1-10,12,20-21H,11,13-19H2. The first-order valence-corrected chi connectivity index (χ1v) is 15.1. The number of imidazole rings is 1. The highest BCUT2D eigenvalue weighted by Crippen LogP contribution is 2.26. The Balaban J connectivity index is 1.28. The molecule has 0 amide bonds. The minimum Gasteiger partial charge on any atom is -0.379 e. The van der Waals surface area contributed by atoms with Gasteiger partial charge in [0, 0.05) is 73.6 Å². The molecule has 1 aliphatic rings. The number of sulfonamides is 1. The van der Waals surface area contributed by atoms with E-state index in [4.69, 9.17) is 9.72 Å². The van der Waals surface area contributed by atoms with Crippen LogP contribution in [0.25, 0.3) is 27.1 Å². The van der Waals surface area contributed by atoms with Gasteiger partial charge in [-0.1, -0.05) is 48.5 Å². The molecular formula is C28H29N5O3S2. The normalized spacial score (nSPS) is 15.1. The molecule has 196 valence electrons. The van der Waals surface area contributed by atoms with Gasteiger partial charge < -0.3 is 4.74 Å². The molecule has 1 saturated heterocycles. The van der Waals surface area contributed by atoms with Gasteiger partial charge in [0.1, 0.15) is 4.90 Å². The van der Waals surface area contributed by atoms with Crippen molar-refractivity contribution in [3.05, 3.63) is 84.1 Å². The summed E-state index contributed by atoms with van der Waals surface area (Å²) in [5.74, 6) is 0. The van der Waals surface area contributed by atoms with Crippen LogP contribution in [0, 0.1) is 0 Å². The van der Waals surface area contributed by atoms with Gasteiger partial charge in [-0.05, 0) is 12.1 Å². The highest BCUT2D eigenvalue weighted by Gasteiger charge is 2.28. The summed E-state index contributed by atoms with van der Waals surface area (Å²) in [5.41, 5.74) is 3.53. The van der Waals surface area contributed by atoms with E-state index in [0.717, 1.165) is 40.4 Å². The Morgan fingerprint density at radius 2 is 1.79 bits per heavy atom. The van der Waals surface area contributed by atoms with Crippen molar-refractivity contribution >= 4 is 37.2 Å². The van der Waals surface area contributed by atoms with Crippen LogP contribution < -0.4 is 0 Å². The first kappa shape index (κ1) is 25.1. The number of fused-ring (bicyclic) bond motifs is 2. The number of ether oxygens (including phenoxy) is 1. The molecule has 0 bridgehead atoms. The molecule has 0 spiro atoms. The molecule has 1 fully saturated rings. The molecule has 5 aromatic rings. The van der Waals surface area contributed by atoms with E-state index in [0.29, 0.717) is 44.8 Å². The van der Waals surface area contributed by atoms with Crippen LogP contribution in [0.1, 0.15) is 5.69 Å². The van der Waals surface area contributed by atoms with Gasteiger partial charge in [0.15, 0.2) is 4.96 Å². The van der Waals surface area contributed by atoms with E-state index in [9.17, 15) is 8.42 Å². The maximum Gasteiger partial charge on any atom is 0.245 e. The molecule has 3 aromatic heterocycles. The van der Waals surface area contributed by atoms with Gasteiger partial charge in [0.25, 0.3) is 0 Å². The van der Waals surface area contributed by atoms with Crippen LogP contribution in [0.4, 0.5) is 0 Å². The molecule has 0 aliphatic carbocycles. The molecule has 38 heavy (non-hydrogen) atoms. The summed E-state index contributed by atoms with van der Waals surface area (Å²) in [7, 11) is -3.78. The highest BCUT2D eigenvalue weighted by atomic mass is 32.2. The highest BCUT2D eigenvalue weighted by molar-refractivity contribution is 7.89. The van der Waals surface area contributed by atoms with E-state index in [1.54, 1.807) is 34.0 Å². The van der Waals surface area contributed by atoms with E-state index < -0.39 is 10.0 Å². The fourth-order valence-electron chi connectivity index (χ4n) is 4.85. The number of nitrogens with zero attached hydrogens (tertiary/aromatic N) is 5. The summed E-state index contributed by atoms with van der Waals surface area (Å²) in [6.45, 7) is 4.40. The van der Waals surface area contributed by atoms with E-state index in [1.165, 1.54) is 0 Å². The van der Waals surface area contributed by atoms with Gasteiger partial charge in [-0.3, -0.25) is 14.3 Å². The minimum absolute atomic E-state index is 0.252. The molecule has 0 N–H and O–H groups in total. The monoisotopic (exact) mass is 547 g/mol. The Morgan fingerprint density at radius 1 is 0.974 bits per heavy atom. The molecule has 0 unspecified atom stereocenters. The Hall–Kier alpha value is -3.15. The third-order valence-corrected chi connectivity index (χ3v) is 9.77. The lowest BCUT2D eigenvalue weighted by molar-refractivity contribution is 0.0363. The van der Waals surface area contributed by atoms with Gasteiger partial charge in [0.2, 0.25) is 10.0 Å². The zero-order valence-corrected chi connectivity index (χ0v) is 22.6. The summed E-state index contributed by atoms with van der Waals surface area (Å²) >= 11 is 1.57. The van der Waals surface area contributed by atoms with Crippen LogP contribution in [0.15, 0.2) is 83.3 Å². The van der Waals surface area contributed by atoms with Gasteiger partial charge in [-0.15, -0.1) is 11.3 Å². The summed E-state index contributed by atoms with van der Waals surface area (Å²) in [6, 6.07) is 19.2. The van der Waals surface area contributed by atoms with Crippen molar-refractivity contribution in [1.29, 1.82) is 0 Å². The quantitative estimate of drug-likeness (QED) is 0.276. The third-order valence-electron chi connectivity index (χ3n) is 6.95. The summed E-state index contributed by atoms with van der Waals surface area (Å²) < 4.78 is 37.3. The van der Waals surface area contributed by atoms with Gasteiger partial charge in [0.05, 0.1) is 24.4 Å². The molecule has 2 aromatic carbocycles. The van der Waals surface area contributed by atoms with Crippen molar-refractivity contribution in [1.82, 2.24) is 23.6 Å². The topological polar surface area (TPSA) is 80.0 Å². The summed E-state index contributed by atoms with van der Waals surface area (Å²) in [4.78, 5) is 12.6. The van der Waals surface area contributed by atoms with Crippen LogP contribution >= 0.6 is 11.3 Å². The second-order valence-electron chi connectivity index (χ2n) is 9.31. The average molecular weight is 548 g/mol. The number of rotatable bonds is 9. The van der Waals surface area contributed by atoms with E-state index >= 15 is 0 Å². The number of morpholine rings is 1. The smallest absolute Gasteiger partial charge is 0.245 e. The molecule has 4 heterocycles. The molecule has 8 nitrogen and oxygen atoms in total. The van der Waals surface area contributed by atoms with Crippen molar-refractivity contribution in [3.8, 4) is 11.3 Å². The van der Waals surface area contributed by atoms with E-state index in [-0.39, 0.29) is 4.90 Å². The fourth-order valence-corrected chi connectivity index (χ4v) is 7.35. The minimum atomic E-state index is -3.78.